The summed E-state index contributed by atoms with van der Waals surface area (Å²) >= 11 is 3.71. The zero-order chi connectivity index (χ0) is 73.6. The molecule has 0 aliphatic carbocycles. The number of benzene rings is 15. The summed E-state index contributed by atoms with van der Waals surface area (Å²) in [4.78, 5) is 28.2. The number of nitrogens with zero attached hydrogens (tertiary/aromatic N) is 5. The second kappa shape index (κ2) is 28.9. The fourth-order valence-corrected chi connectivity index (χ4v) is 18.1. The lowest BCUT2D eigenvalue weighted by Crippen LogP contribution is -1.95. The Labute approximate surface area is 649 Å². The van der Waals surface area contributed by atoms with Gasteiger partial charge in [0.2, 0.25) is 5.89 Å². The van der Waals surface area contributed by atoms with Crippen LogP contribution in [0.2, 0.25) is 0 Å². The van der Waals surface area contributed by atoms with Gasteiger partial charge in [0.1, 0.15) is 5.52 Å². The molecule has 21 rings (SSSR count). The van der Waals surface area contributed by atoms with Crippen LogP contribution in [0.1, 0.15) is 0 Å². The Balaban J connectivity index is 0.000000146. The van der Waals surface area contributed by atoms with Gasteiger partial charge in [-0.2, -0.15) is 0 Å². The average Bonchev–Trinajstić information content (AvgIpc) is 1.60. The highest BCUT2D eigenvalue weighted by Crippen LogP contribution is 2.54. The van der Waals surface area contributed by atoms with E-state index in [1.165, 1.54) is 85.9 Å². The van der Waals surface area contributed by atoms with Gasteiger partial charge >= 0.3 is 0 Å². The van der Waals surface area contributed by atoms with Gasteiger partial charge in [0, 0.05) is 85.0 Å². The molecule has 6 aromatic heterocycles. The maximum Gasteiger partial charge on any atom is 0.227 e. The van der Waals surface area contributed by atoms with E-state index in [-0.39, 0.29) is 0 Å². The Bertz CT molecular complexity index is 6860. The van der Waals surface area contributed by atoms with Gasteiger partial charge in [-0.3, -0.25) is 0 Å². The van der Waals surface area contributed by atoms with E-state index in [0.717, 1.165) is 111 Å². The van der Waals surface area contributed by atoms with Crippen molar-refractivity contribution in [3.8, 4) is 144 Å². The molecule has 21 aromatic rings. The van der Waals surface area contributed by atoms with E-state index in [1.807, 2.05) is 71.2 Å². The molecule has 6 nitrogen and oxygen atoms in total. The van der Waals surface area contributed by atoms with Crippen LogP contribution in [0.4, 0.5) is 0 Å². The first-order valence-corrected chi connectivity index (χ1v) is 38.9. The third kappa shape index (κ3) is 12.7. The molecule has 0 bridgehead atoms. The first kappa shape index (κ1) is 66.3. The number of para-hydroxylation sites is 5. The molecule has 0 saturated heterocycles. The normalized spacial score (nSPS) is 11.4. The third-order valence-electron chi connectivity index (χ3n) is 20.8. The molecule has 8 heteroatoms. The van der Waals surface area contributed by atoms with Gasteiger partial charge in [0.25, 0.3) is 0 Å². The highest BCUT2D eigenvalue weighted by Gasteiger charge is 2.27. The van der Waals surface area contributed by atoms with Crippen LogP contribution >= 0.6 is 22.7 Å². The number of hydrogen-bond donors (Lipinski definition) is 0. The van der Waals surface area contributed by atoms with Crippen LogP contribution in [0.5, 0.6) is 0 Å². The predicted octanol–water partition coefficient (Wildman–Crippen LogP) is 28.7. The first-order chi connectivity index (χ1) is 55.0. The lowest BCUT2D eigenvalue weighted by atomic mass is 9.91. The number of rotatable bonds is 13. The highest BCUT2D eigenvalue weighted by molar-refractivity contribution is 7.24. The molecule has 0 fully saturated rings. The molecule has 0 aliphatic rings. The van der Waals surface area contributed by atoms with Crippen molar-refractivity contribution in [2.24, 2.45) is 0 Å². The molecule has 520 valence electrons. The van der Waals surface area contributed by atoms with Crippen molar-refractivity contribution < 1.29 is 4.42 Å². The Morgan fingerprint density at radius 3 is 0.910 bits per heavy atom. The van der Waals surface area contributed by atoms with Crippen LogP contribution in [-0.2, 0) is 0 Å². The van der Waals surface area contributed by atoms with Gasteiger partial charge in [0.05, 0.1) is 33.6 Å². The number of thiophene rings is 2. The number of hydrogen-bond acceptors (Lipinski definition) is 8. The van der Waals surface area contributed by atoms with E-state index in [9.17, 15) is 0 Å². The third-order valence-corrected chi connectivity index (χ3v) is 23.3. The van der Waals surface area contributed by atoms with Crippen LogP contribution < -0.4 is 0 Å². The minimum Gasteiger partial charge on any atom is -0.436 e. The molecule has 0 N–H and O–H groups in total. The molecule has 6 heterocycles. The fourth-order valence-electron chi connectivity index (χ4n) is 15.4. The zero-order valence-electron chi connectivity index (χ0n) is 60.0. The van der Waals surface area contributed by atoms with E-state index in [1.54, 1.807) is 0 Å². The van der Waals surface area contributed by atoms with Crippen molar-refractivity contribution in [1.82, 2.24) is 24.9 Å². The van der Waals surface area contributed by atoms with E-state index in [0.29, 0.717) is 11.7 Å². The van der Waals surface area contributed by atoms with Crippen LogP contribution in [0.15, 0.2) is 399 Å². The molecular weight excluding hydrogens is 1390 g/mol. The number of aromatic nitrogens is 5. The SMILES string of the molecule is c1ccc(-c2cc(-c3ccccc3)cc(-c3sc4c(c(-c5ccccc5)nc5ccccc54)c3-c3ccc(-c4nc(-c5ccccc5)nc5ccccc45)cc3)c2)cc1.c1ccc(-c2cc(-c3ccccc3)cc(-c3sc4c(c(-c5ccccc5)nc5ccccc54)c3-c3ccc(-c4nc5ccccc5o4)cc3)c2)cc1. The second-order valence-corrected chi connectivity index (χ2v) is 29.7. The van der Waals surface area contributed by atoms with Crippen molar-refractivity contribution in [2.75, 3.05) is 0 Å². The molecule has 111 heavy (non-hydrogen) atoms. The van der Waals surface area contributed by atoms with Crippen molar-refractivity contribution in [1.29, 1.82) is 0 Å². The van der Waals surface area contributed by atoms with Crippen LogP contribution in [0.25, 0.3) is 208 Å². The minimum atomic E-state index is 0.615. The lowest BCUT2D eigenvalue weighted by molar-refractivity contribution is 0.620. The minimum absolute atomic E-state index is 0.615. The Morgan fingerprint density at radius 1 is 0.198 bits per heavy atom. The fraction of sp³-hybridized carbons (Fsp3) is 0. The molecule has 0 spiro atoms. The topological polar surface area (TPSA) is 77.6 Å². The molecular formula is C103H65N5OS2. The van der Waals surface area contributed by atoms with Crippen LogP contribution in [-0.4, -0.2) is 24.9 Å². The highest BCUT2D eigenvalue weighted by atomic mass is 32.1. The number of oxazole rings is 1. The van der Waals surface area contributed by atoms with Gasteiger partial charge < -0.3 is 4.42 Å². The molecule has 0 atom stereocenters. The molecule has 0 aliphatic heterocycles. The quantitative estimate of drug-likeness (QED) is 0.114. The first-order valence-electron chi connectivity index (χ1n) is 37.3. The summed E-state index contributed by atoms with van der Waals surface area (Å²) in [5.41, 5.74) is 28.9. The molecule has 0 amide bonds. The Kier molecular flexibility index (Phi) is 17.2. The maximum atomic E-state index is 6.16. The predicted molar refractivity (Wildman–Crippen MR) is 466 cm³/mol. The van der Waals surface area contributed by atoms with Gasteiger partial charge in [-0.05, 0) is 146 Å². The van der Waals surface area contributed by atoms with E-state index >= 15 is 0 Å². The van der Waals surface area contributed by atoms with Crippen molar-refractivity contribution in [2.45, 2.75) is 0 Å². The molecule has 0 radical (unpaired) electrons. The van der Waals surface area contributed by atoms with E-state index < -0.39 is 0 Å². The Morgan fingerprint density at radius 2 is 0.505 bits per heavy atom. The molecule has 15 aromatic carbocycles. The summed E-state index contributed by atoms with van der Waals surface area (Å²) in [6.45, 7) is 0. The summed E-state index contributed by atoms with van der Waals surface area (Å²) in [6, 6.07) is 139. The molecule has 0 unspecified atom stereocenters. The lowest BCUT2D eigenvalue weighted by Gasteiger charge is -2.14. The number of fused-ring (bicyclic) bond motifs is 8. The van der Waals surface area contributed by atoms with Crippen molar-refractivity contribution in [3.63, 3.8) is 0 Å². The average molecular weight is 1450 g/mol. The zero-order valence-corrected chi connectivity index (χ0v) is 61.6. The maximum absolute atomic E-state index is 6.16. The van der Waals surface area contributed by atoms with Crippen molar-refractivity contribution >= 4 is 86.7 Å². The van der Waals surface area contributed by atoms with Gasteiger partial charge in [0.15, 0.2) is 11.4 Å². The second-order valence-electron chi connectivity index (χ2n) is 27.7. The number of pyridine rings is 2. The smallest absolute Gasteiger partial charge is 0.227 e. The summed E-state index contributed by atoms with van der Waals surface area (Å²) in [6.07, 6.45) is 0. The van der Waals surface area contributed by atoms with Gasteiger partial charge in [-0.1, -0.05) is 315 Å². The van der Waals surface area contributed by atoms with Crippen LogP contribution in [0.3, 0.4) is 0 Å². The summed E-state index contributed by atoms with van der Waals surface area (Å²) < 4.78 is 8.62. The van der Waals surface area contributed by atoms with Crippen molar-refractivity contribution in [3.05, 3.63) is 394 Å². The largest absolute Gasteiger partial charge is 0.436 e. The summed E-state index contributed by atoms with van der Waals surface area (Å²) in [5.74, 6) is 1.33. The summed E-state index contributed by atoms with van der Waals surface area (Å²) in [7, 11) is 0. The standard InChI is InChI=1S/C55H35N3S.C48H30N2OS/c1-5-17-36(18-6-1)42-33-43(37-19-7-2-8-20-37)35-44(34-42)53-49(50-52(39-21-9-3-10-22-39)56-48-28-16-14-26-46(48)54(50)59-53)38-29-31-40(32-30-38)51-45-25-13-15-27-47(45)57-55(58-51)41-23-11-4-12-24-41;1-4-14-31(15-5-1)36-28-37(32-16-6-2-7-17-32)30-38(29-36)46-43(33-24-26-35(27-25-33)48-50-41-22-12-13-23-42(41)51-48)44-45(34-18-8-3-9-19-34)49-40-21-11-10-20-39(40)47(44)52-46/h1-35H;1-30H. The molecule has 0 saturated carbocycles. The Hall–Kier alpha value is -14.2. The summed E-state index contributed by atoms with van der Waals surface area (Å²) in [5, 5.41) is 5.65. The van der Waals surface area contributed by atoms with Crippen LogP contribution in [0, 0.1) is 0 Å². The van der Waals surface area contributed by atoms with Gasteiger partial charge in [-0.25, -0.2) is 24.9 Å². The van der Waals surface area contributed by atoms with E-state index in [2.05, 4.69) is 346 Å². The monoisotopic (exact) mass is 1450 g/mol. The van der Waals surface area contributed by atoms with E-state index in [4.69, 9.17) is 29.3 Å². The van der Waals surface area contributed by atoms with Gasteiger partial charge in [-0.15, -0.1) is 22.7 Å².